The largest absolute Gasteiger partial charge is 0.477 e. The molecule has 7 heteroatoms. The number of ether oxygens (including phenoxy) is 1. The number of nitro groups is 1. The molecule has 1 N–H and O–H groups in total. The van der Waals surface area contributed by atoms with Crippen LogP contribution in [0.4, 0.5) is 11.4 Å². The van der Waals surface area contributed by atoms with Gasteiger partial charge in [0.25, 0.3) is 5.69 Å². The number of benzene rings is 1. The number of carboxylic acids is 1. The van der Waals surface area contributed by atoms with Crippen LogP contribution in [-0.2, 0) is 4.74 Å². The first-order valence-corrected chi connectivity index (χ1v) is 6.28. The minimum atomic E-state index is -1.29. The second kappa shape index (κ2) is 5.87. The molecular formula is C13H16N2O5. The van der Waals surface area contributed by atoms with E-state index in [1.165, 1.54) is 12.1 Å². The molecular weight excluding hydrogens is 264 g/mol. The van der Waals surface area contributed by atoms with Gasteiger partial charge in [-0.1, -0.05) is 0 Å². The average molecular weight is 280 g/mol. The number of anilines is 1. The summed E-state index contributed by atoms with van der Waals surface area (Å²) < 4.78 is 5.11. The Kier molecular flexibility index (Phi) is 4.19. The highest BCUT2D eigenvalue weighted by molar-refractivity contribution is 5.93. The Bertz CT molecular complexity index is 531. The van der Waals surface area contributed by atoms with Crippen molar-refractivity contribution in [3.05, 3.63) is 33.9 Å². The summed E-state index contributed by atoms with van der Waals surface area (Å²) in [5.41, 5.74) is 0.0249. The number of methoxy groups -OCH3 is 1. The third kappa shape index (κ3) is 2.88. The Morgan fingerprint density at radius 1 is 1.60 bits per heavy atom. The molecule has 1 atom stereocenters. The summed E-state index contributed by atoms with van der Waals surface area (Å²) in [7, 11) is 1.65. The molecule has 108 valence electrons. The van der Waals surface area contributed by atoms with Crippen LogP contribution in [0, 0.1) is 16.0 Å². The van der Waals surface area contributed by atoms with Crippen molar-refractivity contribution in [2.45, 2.75) is 6.42 Å². The molecule has 0 aromatic heterocycles. The number of nitro benzene ring substituents is 1. The third-order valence-electron chi connectivity index (χ3n) is 3.46. The fourth-order valence-corrected chi connectivity index (χ4v) is 2.49. The molecule has 1 aromatic rings. The van der Waals surface area contributed by atoms with Crippen LogP contribution < -0.4 is 4.90 Å². The fraction of sp³-hybridized carbons (Fsp3) is 0.462. The topological polar surface area (TPSA) is 92.9 Å². The Balaban J connectivity index is 2.24. The lowest BCUT2D eigenvalue weighted by Crippen LogP contribution is -2.21. The van der Waals surface area contributed by atoms with Gasteiger partial charge in [-0.2, -0.15) is 0 Å². The maximum Gasteiger partial charge on any atom is 0.342 e. The molecule has 20 heavy (non-hydrogen) atoms. The van der Waals surface area contributed by atoms with Gasteiger partial charge in [0.05, 0.1) is 11.5 Å². The highest BCUT2D eigenvalue weighted by Crippen LogP contribution is 2.29. The maximum absolute atomic E-state index is 11.0. The Morgan fingerprint density at radius 2 is 2.35 bits per heavy atom. The van der Waals surface area contributed by atoms with Gasteiger partial charge in [0.15, 0.2) is 0 Å². The molecule has 0 aliphatic carbocycles. The number of nitrogens with zero attached hydrogens (tertiary/aromatic N) is 2. The van der Waals surface area contributed by atoms with Gasteiger partial charge in [-0.05, 0) is 18.6 Å². The molecule has 1 fully saturated rings. The van der Waals surface area contributed by atoms with Crippen LogP contribution in [0.3, 0.4) is 0 Å². The van der Waals surface area contributed by atoms with Crippen LogP contribution in [0.1, 0.15) is 16.8 Å². The van der Waals surface area contributed by atoms with Crippen molar-refractivity contribution in [2.75, 3.05) is 31.7 Å². The standard InChI is InChI=1S/C13H16N2O5/c1-20-8-9-4-5-14(7-9)10-2-3-11(13(16)17)12(6-10)15(18)19/h2-3,6,9H,4-5,7-8H2,1H3,(H,16,17). The van der Waals surface area contributed by atoms with Gasteiger partial charge >= 0.3 is 5.97 Å². The SMILES string of the molecule is COCC1CCN(c2ccc(C(=O)O)c([N+](=O)[O-])c2)C1. The van der Waals surface area contributed by atoms with Gasteiger partial charge in [0, 0.05) is 37.9 Å². The zero-order valence-electron chi connectivity index (χ0n) is 11.1. The molecule has 1 aliphatic heterocycles. The third-order valence-corrected chi connectivity index (χ3v) is 3.46. The molecule has 1 saturated heterocycles. The number of carbonyl (C=O) groups is 1. The first-order chi connectivity index (χ1) is 9.52. The minimum absolute atomic E-state index is 0.286. The first kappa shape index (κ1) is 14.3. The average Bonchev–Trinajstić information content (AvgIpc) is 2.87. The number of aromatic carboxylic acids is 1. The van der Waals surface area contributed by atoms with E-state index in [2.05, 4.69) is 0 Å². The second-order valence-corrected chi connectivity index (χ2v) is 4.82. The molecule has 0 amide bonds. The van der Waals surface area contributed by atoms with Crippen LogP contribution in [0.2, 0.25) is 0 Å². The van der Waals surface area contributed by atoms with E-state index in [0.717, 1.165) is 19.5 Å². The summed E-state index contributed by atoms with van der Waals surface area (Å²) in [6.07, 6.45) is 0.961. The molecule has 1 aliphatic rings. The van der Waals surface area contributed by atoms with E-state index in [1.54, 1.807) is 13.2 Å². The van der Waals surface area contributed by atoms with Crippen molar-refractivity contribution in [1.82, 2.24) is 0 Å². The fourth-order valence-electron chi connectivity index (χ4n) is 2.49. The lowest BCUT2D eigenvalue weighted by Gasteiger charge is -2.18. The van der Waals surface area contributed by atoms with Gasteiger partial charge < -0.3 is 14.7 Å². The number of rotatable bonds is 5. The van der Waals surface area contributed by atoms with Crippen molar-refractivity contribution in [1.29, 1.82) is 0 Å². The molecule has 1 aromatic carbocycles. The van der Waals surface area contributed by atoms with Gasteiger partial charge in [-0.25, -0.2) is 4.79 Å². The lowest BCUT2D eigenvalue weighted by molar-refractivity contribution is -0.385. The van der Waals surface area contributed by atoms with Crippen LogP contribution in [0.5, 0.6) is 0 Å². The Labute approximate surface area is 115 Å². The smallest absolute Gasteiger partial charge is 0.342 e. The van der Waals surface area contributed by atoms with Crippen LogP contribution >= 0.6 is 0 Å². The molecule has 1 unspecified atom stereocenters. The van der Waals surface area contributed by atoms with Crippen molar-refractivity contribution in [3.8, 4) is 0 Å². The van der Waals surface area contributed by atoms with E-state index in [-0.39, 0.29) is 11.3 Å². The molecule has 0 saturated carbocycles. The Hall–Kier alpha value is -2.15. The Morgan fingerprint density at radius 3 is 2.95 bits per heavy atom. The zero-order chi connectivity index (χ0) is 14.7. The van der Waals surface area contributed by atoms with E-state index in [0.29, 0.717) is 18.2 Å². The van der Waals surface area contributed by atoms with Crippen molar-refractivity contribution in [2.24, 2.45) is 5.92 Å². The van der Waals surface area contributed by atoms with Crippen LogP contribution in [-0.4, -0.2) is 42.8 Å². The number of carboxylic acid groups (broad SMARTS) is 1. The predicted octanol–water partition coefficient (Wildman–Crippen LogP) is 1.77. The van der Waals surface area contributed by atoms with Crippen molar-refractivity contribution >= 4 is 17.3 Å². The van der Waals surface area contributed by atoms with Crippen LogP contribution in [0.15, 0.2) is 18.2 Å². The summed E-state index contributed by atoms with van der Waals surface area (Å²) in [4.78, 5) is 23.3. The zero-order valence-corrected chi connectivity index (χ0v) is 11.1. The van der Waals surface area contributed by atoms with Crippen LogP contribution in [0.25, 0.3) is 0 Å². The van der Waals surface area contributed by atoms with Gasteiger partial charge in [0.1, 0.15) is 5.56 Å². The molecule has 1 heterocycles. The molecule has 0 bridgehead atoms. The first-order valence-electron chi connectivity index (χ1n) is 6.28. The van der Waals surface area contributed by atoms with E-state index in [9.17, 15) is 14.9 Å². The van der Waals surface area contributed by atoms with E-state index >= 15 is 0 Å². The summed E-state index contributed by atoms with van der Waals surface area (Å²) in [5.74, 6) is -0.889. The summed E-state index contributed by atoms with van der Waals surface area (Å²) in [6, 6.07) is 4.24. The normalized spacial score (nSPS) is 18.2. The summed E-state index contributed by atoms with van der Waals surface area (Å²) in [6.45, 7) is 2.21. The summed E-state index contributed by atoms with van der Waals surface area (Å²) in [5, 5.41) is 19.9. The summed E-state index contributed by atoms with van der Waals surface area (Å²) >= 11 is 0. The quantitative estimate of drug-likeness (QED) is 0.652. The number of hydrogen-bond acceptors (Lipinski definition) is 5. The predicted molar refractivity (Wildman–Crippen MR) is 72.3 cm³/mol. The monoisotopic (exact) mass is 280 g/mol. The van der Waals surface area contributed by atoms with Crippen molar-refractivity contribution < 1.29 is 19.6 Å². The van der Waals surface area contributed by atoms with Gasteiger partial charge in [-0.15, -0.1) is 0 Å². The molecule has 7 nitrogen and oxygen atoms in total. The van der Waals surface area contributed by atoms with Crippen molar-refractivity contribution in [3.63, 3.8) is 0 Å². The van der Waals surface area contributed by atoms with Gasteiger partial charge in [0.2, 0.25) is 0 Å². The second-order valence-electron chi connectivity index (χ2n) is 4.82. The highest BCUT2D eigenvalue weighted by atomic mass is 16.6. The van der Waals surface area contributed by atoms with Gasteiger partial charge in [-0.3, -0.25) is 10.1 Å². The maximum atomic E-state index is 11.0. The van der Waals surface area contributed by atoms with E-state index in [4.69, 9.17) is 9.84 Å². The number of hydrogen-bond donors (Lipinski definition) is 1. The molecule has 0 spiro atoms. The molecule has 0 radical (unpaired) electrons. The highest BCUT2D eigenvalue weighted by Gasteiger charge is 2.26. The minimum Gasteiger partial charge on any atom is -0.477 e. The van der Waals surface area contributed by atoms with E-state index in [1.807, 2.05) is 4.90 Å². The lowest BCUT2D eigenvalue weighted by atomic mass is 10.1. The van der Waals surface area contributed by atoms with E-state index < -0.39 is 10.9 Å². The molecule has 2 rings (SSSR count).